The van der Waals surface area contributed by atoms with Crippen molar-refractivity contribution in [2.24, 2.45) is 9.49 Å². The summed E-state index contributed by atoms with van der Waals surface area (Å²) in [6.07, 6.45) is 0. The fraction of sp³-hybridized carbons (Fsp3) is 0.0400. The van der Waals surface area contributed by atoms with Crippen molar-refractivity contribution in [1.82, 2.24) is 0 Å². The van der Waals surface area contributed by atoms with Crippen LogP contribution in [0.4, 0.5) is 0 Å². The van der Waals surface area contributed by atoms with Gasteiger partial charge in [0.15, 0.2) is 0 Å². The van der Waals surface area contributed by atoms with E-state index in [1.54, 1.807) is 0 Å². The fourth-order valence-electron chi connectivity index (χ4n) is 7.45. The molecule has 2 nitrogen and oxygen atoms in total. The van der Waals surface area contributed by atoms with Crippen molar-refractivity contribution in [3.8, 4) is 0 Å². The van der Waals surface area contributed by atoms with E-state index in [4.69, 9.17) is 9.49 Å². The average Bonchev–Trinajstić information content (AvgIpc) is 3.27. The molecule has 0 spiro atoms. The maximum Gasteiger partial charge on any atom is 0.101 e. The van der Waals surface area contributed by atoms with E-state index >= 15 is 0 Å². The van der Waals surface area contributed by atoms with Gasteiger partial charge < -0.3 is 0 Å². The van der Waals surface area contributed by atoms with Gasteiger partial charge >= 0.3 is 0 Å². The predicted octanol–water partition coefficient (Wildman–Crippen LogP) is 10.8. The summed E-state index contributed by atoms with van der Waals surface area (Å²) in [5.41, 5.74) is 2.27. The molecule has 8 aromatic carbocycles. The van der Waals surface area contributed by atoms with Gasteiger partial charge in [0.25, 0.3) is 0 Å². The van der Waals surface area contributed by atoms with Gasteiger partial charge in [-0.2, -0.15) is 0 Å². The van der Waals surface area contributed by atoms with E-state index in [-0.39, 0.29) is 12.1 Å². The molecule has 0 unspecified atom stereocenters. The second kappa shape index (κ2) is 16.5. The third kappa shape index (κ3) is 7.00. The first-order chi connectivity index (χ1) is 26.8. The monoisotopic (exact) mass is 732 g/mol. The summed E-state index contributed by atoms with van der Waals surface area (Å²) in [5, 5.41) is 7.28. The zero-order chi connectivity index (χ0) is 36.5. The molecule has 0 saturated heterocycles. The van der Waals surface area contributed by atoms with Gasteiger partial charge in [-0.05, 0) is 11.1 Å². The van der Waals surface area contributed by atoms with Crippen molar-refractivity contribution in [3.05, 3.63) is 254 Å². The Labute approximate surface area is 320 Å². The van der Waals surface area contributed by atoms with Crippen LogP contribution in [0.2, 0.25) is 0 Å². The van der Waals surface area contributed by atoms with Crippen LogP contribution in [-0.2, 0) is 0 Å². The number of nitrogens with zero attached hydrogens (tertiary/aromatic N) is 2. The Morgan fingerprint density at radius 3 is 0.574 bits per heavy atom. The molecule has 0 aromatic heterocycles. The molecule has 2 atom stereocenters. The molecular formula is C50H42N2P2. The molecule has 54 heavy (non-hydrogen) atoms. The lowest BCUT2D eigenvalue weighted by molar-refractivity contribution is 0.590. The third-order valence-electron chi connectivity index (χ3n) is 9.96. The largest absolute Gasteiger partial charge is 0.279 e. The second-order valence-corrected chi connectivity index (χ2v) is 19.3. The Balaban J connectivity index is 1.57. The highest BCUT2D eigenvalue weighted by Crippen LogP contribution is 2.56. The van der Waals surface area contributed by atoms with Crippen LogP contribution in [0.25, 0.3) is 0 Å². The van der Waals surface area contributed by atoms with E-state index in [1.165, 1.54) is 31.8 Å². The summed E-state index contributed by atoms with van der Waals surface area (Å²) in [4.78, 5) is 0. The van der Waals surface area contributed by atoms with Crippen LogP contribution >= 0.6 is 14.1 Å². The lowest BCUT2D eigenvalue weighted by Gasteiger charge is -2.34. The van der Waals surface area contributed by atoms with Crippen molar-refractivity contribution in [2.45, 2.75) is 12.1 Å². The standard InChI is InChI=1S/C50H42N2P2/c1-9-25-41(26-10-1)49(51-53(43-29-13-3-14-30-43,44-31-15-4-16-32-44)45-33-17-5-18-34-45)50(42-27-11-2-12-28-42)52-54(46-35-19-6-20-36-46,47-37-21-7-22-38-47)48-39-23-8-24-40-48/h1-40,49-50H/t49-,50-/m1/s1. The minimum absolute atomic E-state index is 0.349. The molecule has 0 N–H and O–H groups in total. The van der Waals surface area contributed by atoms with Crippen LogP contribution in [0, 0.1) is 0 Å². The minimum atomic E-state index is -2.65. The first-order valence-electron chi connectivity index (χ1n) is 18.5. The highest BCUT2D eigenvalue weighted by molar-refractivity contribution is 7.87. The van der Waals surface area contributed by atoms with Gasteiger partial charge in [-0.3, -0.25) is 9.49 Å². The zero-order valence-corrected chi connectivity index (χ0v) is 31.8. The molecule has 0 aliphatic heterocycles. The van der Waals surface area contributed by atoms with E-state index in [1.807, 2.05) is 0 Å². The Morgan fingerprint density at radius 1 is 0.222 bits per heavy atom. The van der Waals surface area contributed by atoms with Crippen molar-refractivity contribution < 1.29 is 0 Å². The van der Waals surface area contributed by atoms with E-state index in [2.05, 4.69) is 243 Å². The van der Waals surface area contributed by atoms with Crippen LogP contribution < -0.4 is 31.8 Å². The molecule has 0 amide bonds. The molecule has 0 fully saturated rings. The average molecular weight is 733 g/mol. The van der Waals surface area contributed by atoms with Crippen molar-refractivity contribution in [1.29, 1.82) is 0 Å². The first-order valence-corrected chi connectivity index (χ1v) is 21.9. The van der Waals surface area contributed by atoms with Gasteiger partial charge in [0.05, 0.1) is 14.1 Å². The van der Waals surface area contributed by atoms with E-state index in [0.717, 1.165) is 11.1 Å². The lowest BCUT2D eigenvalue weighted by atomic mass is 9.95. The SMILES string of the molecule is c1ccc([C@@H](N=P(c2ccccc2)(c2ccccc2)c2ccccc2)[C@H](N=P(c2ccccc2)(c2ccccc2)c2ccccc2)c2ccccc2)cc1. The quantitative estimate of drug-likeness (QED) is 0.118. The van der Waals surface area contributed by atoms with Crippen molar-refractivity contribution in [3.63, 3.8) is 0 Å². The van der Waals surface area contributed by atoms with Crippen LogP contribution in [0.1, 0.15) is 23.2 Å². The molecule has 262 valence electrons. The van der Waals surface area contributed by atoms with Gasteiger partial charge in [0, 0.05) is 31.8 Å². The maximum absolute atomic E-state index is 6.37. The van der Waals surface area contributed by atoms with Crippen molar-refractivity contribution >= 4 is 45.9 Å². The Hall–Kier alpha value is -5.78. The normalized spacial score (nSPS) is 12.7. The summed E-state index contributed by atoms with van der Waals surface area (Å²) < 4.78 is 12.7. The molecule has 8 rings (SSSR count). The van der Waals surface area contributed by atoms with E-state index in [9.17, 15) is 0 Å². The van der Waals surface area contributed by atoms with E-state index < -0.39 is 14.1 Å². The minimum Gasteiger partial charge on any atom is -0.279 e. The maximum atomic E-state index is 6.37. The molecule has 8 aromatic rings. The fourth-order valence-corrected chi connectivity index (χ4v) is 14.9. The van der Waals surface area contributed by atoms with E-state index in [0.29, 0.717) is 0 Å². The second-order valence-electron chi connectivity index (χ2n) is 13.2. The Bertz CT molecular complexity index is 2090. The zero-order valence-electron chi connectivity index (χ0n) is 30.0. The van der Waals surface area contributed by atoms with Gasteiger partial charge in [-0.1, -0.05) is 243 Å². The summed E-state index contributed by atoms with van der Waals surface area (Å²) in [7, 11) is -5.31. The Kier molecular flexibility index (Phi) is 10.8. The van der Waals surface area contributed by atoms with Gasteiger partial charge in [0.1, 0.15) is 12.1 Å². The van der Waals surface area contributed by atoms with Gasteiger partial charge in [-0.25, -0.2) is 0 Å². The highest BCUT2D eigenvalue weighted by Gasteiger charge is 2.36. The summed E-state index contributed by atoms with van der Waals surface area (Å²) >= 11 is 0. The predicted molar refractivity (Wildman–Crippen MR) is 234 cm³/mol. The van der Waals surface area contributed by atoms with Crippen molar-refractivity contribution in [2.75, 3.05) is 0 Å². The number of benzene rings is 8. The van der Waals surface area contributed by atoms with Gasteiger partial charge in [0.2, 0.25) is 0 Å². The van der Waals surface area contributed by atoms with Crippen LogP contribution in [0.15, 0.2) is 252 Å². The van der Waals surface area contributed by atoms with Gasteiger partial charge in [-0.15, -0.1) is 0 Å². The number of hydrogen-bond acceptors (Lipinski definition) is 2. The smallest absolute Gasteiger partial charge is 0.101 e. The van der Waals surface area contributed by atoms with Crippen LogP contribution in [0.5, 0.6) is 0 Å². The van der Waals surface area contributed by atoms with Crippen LogP contribution in [0.3, 0.4) is 0 Å². The first kappa shape index (κ1) is 35.3. The topological polar surface area (TPSA) is 24.7 Å². The molecule has 0 radical (unpaired) electrons. The molecule has 4 heteroatoms. The molecule has 0 saturated carbocycles. The summed E-state index contributed by atoms with van der Waals surface area (Å²) in [6, 6.07) is 86.6. The lowest BCUT2D eigenvalue weighted by Crippen LogP contribution is -2.28. The molecule has 0 aliphatic rings. The Morgan fingerprint density at radius 2 is 0.389 bits per heavy atom. The summed E-state index contributed by atoms with van der Waals surface area (Å²) in [6.45, 7) is 0. The molecule has 0 heterocycles. The highest BCUT2D eigenvalue weighted by atomic mass is 31.2. The van der Waals surface area contributed by atoms with Crippen LogP contribution in [-0.4, -0.2) is 0 Å². The third-order valence-corrected chi connectivity index (χ3v) is 17.4. The number of hydrogen-bond donors (Lipinski definition) is 0. The molecule has 0 bridgehead atoms. The molecule has 0 aliphatic carbocycles. The molecular weight excluding hydrogens is 691 g/mol. The summed E-state index contributed by atoms with van der Waals surface area (Å²) in [5.74, 6) is 0. The number of rotatable bonds is 11.